The molecule has 0 aliphatic carbocycles. The average molecular weight is 387 g/mol. The molecule has 0 fully saturated rings. The largest absolute Gasteiger partial charge is 0.377 e. The molecule has 0 saturated carbocycles. The first-order valence-corrected chi connectivity index (χ1v) is 7.66. The van der Waals surface area contributed by atoms with Gasteiger partial charge in [0.2, 0.25) is 0 Å². The third kappa shape index (κ3) is 3.80. The minimum atomic E-state index is -0.203. The van der Waals surface area contributed by atoms with Crippen LogP contribution >= 0.6 is 31.9 Å². The van der Waals surface area contributed by atoms with Gasteiger partial charge in [-0.05, 0) is 58.2 Å². The van der Waals surface area contributed by atoms with Gasteiger partial charge in [-0.25, -0.2) is 4.39 Å². The quantitative estimate of drug-likeness (QED) is 0.688. The van der Waals surface area contributed by atoms with Crippen molar-refractivity contribution in [3.05, 3.63) is 62.8 Å². The lowest BCUT2D eigenvalue weighted by Gasteiger charge is -2.20. The van der Waals surface area contributed by atoms with Crippen molar-refractivity contribution in [2.75, 3.05) is 5.32 Å². The first kappa shape index (κ1) is 14.5. The van der Waals surface area contributed by atoms with Crippen LogP contribution in [-0.4, -0.2) is 0 Å². The summed E-state index contributed by atoms with van der Waals surface area (Å²) in [6.45, 7) is 2.08. The van der Waals surface area contributed by atoms with Crippen LogP contribution in [0, 0.1) is 5.82 Å². The van der Waals surface area contributed by atoms with E-state index < -0.39 is 0 Å². The van der Waals surface area contributed by atoms with E-state index in [0.29, 0.717) is 0 Å². The maximum absolute atomic E-state index is 13.3. The van der Waals surface area contributed by atoms with Gasteiger partial charge in [0.1, 0.15) is 5.82 Å². The molecule has 1 N–H and O–H groups in total. The molecule has 4 heteroatoms. The normalized spacial score (nSPS) is 12.2. The van der Waals surface area contributed by atoms with Crippen molar-refractivity contribution in [1.29, 1.82) is 0 Å². The van der Waals surface area contributed by atoms with Gasteiger partial charge in [-0.3, -0.25) is 0 Å². The van der Waals surface area contributed by atoms with Crippen LogP contribution in [0.1, 0.15) is 24.9 Å². The maximum Gasteiger partial charge on any atom is 0.123 e. The highest BCUT2D eigenvalue weighted by molar-refractivity contribution is 9.11. The molecule has 1 nitrogen and oxygen atoms in total. The van der Waals surface area contributed by atoms with E-state index in [1.54, 1.807) is 12.1 Å². The van der Waals surface area contributed by atoms with E-state index in [0.717, 1.165) is 26.6 Å². The number of hydrogen-bond donors (Lipinski definition) is 1. The van der Waals surface area contributed by atoms with Gasteiger partial charge in [-0.2, -0.15) is 0 Å². The van der Waals surface area contributed by atoms with Gasteiger partial charge in [0, 0.05) is 8.95 Å². The molecule has 100 valence electrons. The van der Waals surface area contributed by atoms with Crippen molar-refractivity contribution in [2.24, 2.45) is 0 Å². The molecule has 0 amide bonds. The van der Waals surface area contributed by atoms with E-state index in [-0.39, 0.29) is 11.9 Å². The van der Waals surface area contributed by atoms with Gasteiger partial charge in [0.05, 0.1) is 11.7 Å². The van der Waals surface area contributed by atoms with Gasteiger partial charge < -0.3 is 5.32 Å². The van der Waals surface area contributed by atoms with E-state index in [2.05, 4.69) is 44.1 Å². The molecule has 0 saturated heterocycles. The zero-order chi connectivity index (χ0) is 13.8. The average Bonchev–Trinajstić information content (AvgIpc) is 2.39. The Bertz CT molecular complexity index is 572. The number of benzene rings is 2. The summed E-state index contributed by atoms with van der Waals surface area (Å²) >= 11 is 6.97. The van der Waals surface area contributed by atoms with Crippen LogP contribution in [-0.2, 0) is 0 Å². The Kier molecular flexibility index (Phi) is 4.99. The second-order valence-corrected chi connectivity index (χ2v) is 6.05. The highest BCUT2D eigenvalue weighted by atomic mass is 79.9. The lowest BCUT2D eigenvalue weighted by Crippen LogP contribution is -2.10. The topological polar surface area (TPSA) is 12.0 Å². The van der Waals surface area contributed by atoms with Gasteiger partial charge in [0.15, 0.2) is 0 Å². The van der Waals surface area contributed by atoms with Gasteiger partial charge in [0.25, 0.3) is 0 Å². The molecule has 2 aromatic rings. The summed E-state index contributed by atoms with van der Waals surface area (Å²) in [5.74, 6) is -0.203. The molecule has 19 heavy (non-hydrogen) atoms. The van der Waals surface area contributed by atoms with Crippen LogP contribution in [0.15, 0.2) is 51.4 Å². The summed E-state index contributed by atoms with van der Waals surface area (Å²) in [5, 5.41) is 3.44. The minimum absolute atomic E-state index is 0.0845. The summed E-state index contributed by atoms with van der Waals surface area (Å²) in [6.07, 6.45) is 0.877. The number of rotatable bonds is 4. The summed E-state index contributed by atoms with van der Waals surface area (Å²) in [5.41, 5.74) is 1.94. The van der Waals surface area contributed by atoms with Crippen molar-refractivity contribution in [3.63, 3.8) is 0 Å². The van der Waals surface area contributed by atoms with E-state index in [1.165, 1.54) is 6.07 Å². The summed E-state index contributed by atoms with van der Waals surface area (Å²) in [7, 11) is 0. The van der Waals surface area contributed by atoms with Gasteiger partial charge in [-0.1, -0.05) is 35.0 Å². The Hall–Kier alpha value is -0.870. The van der Waals surface area contributed by atoms with Gasteiger partial charge >= 0.3 is 0 Å². The van der Waals surface area contributed by atoms with E-state index in [4.69, 9.17) is 0 Å². The molecule has 0 heterocycles. The molecule has 2 rings (SSSR count). The van der Waals surface area contributed by atoms with E-state index in [1.807, 2.05) is 24.3 Å². The fraction of sp³-hybridized carbons (Fsp3) is 0.200. The number of nitrogens with one attached hydrogen (secondary N) is 1. The Morgan fingerprint density at radius 1 is 1.16 bits per heavy atom. The molecule has 2 aromatic carbocycles. The van der Waals surface area contributed by atoms with Crippen LogP contribution in [0.3, 0.4) is 0 Å². The standard InChI is InChI=1S/C15H14Br2FN/c1-2-14(10-4-3-5-12(18)8-10)19-15-9-11(16)6-7-13(15)17/h3-9,14,19H,2H2,1H3. The lowest BCUT2D eigenvalue weighted by atomic mass is 10.0. The highest BCUT2D eigenvalue weighted by Gasteiger charge is 2.11. The predicted octanol–water partition coefficient (Wildman–Crippen LogP) is 5.91. The number of anilines is 1. The third-order valence-electron chi connectivity index (χ3n) is 2.92. The molecule has 0 aliphatic heterocycles. The van der Waals surface area contributed by atoms with Crippen molar-refractivity contribution >= 4 is 37.5 Å². The SMILES string of the molecule is CCC(Nc1cc(Br)ccc1Br)c1cccc(F)c1. The summed E-state index contributed by atoms with van der Waals surface area (Å²) in [4.78, 5) is 0. The highest BCUT2D eigenvalue weighted by Crippen LogP contribution is 2.30. The molecule has 0 spiro atoms. The van der Waals surface area contributed by atoms with Crippen molar-refractivity contribution in [3.8, 4) is 0 Å². The Balaban J connectivity index is 2.26. The fourth-order valence-corrected chi connectivity index (χ4v) is 2.66. The first-order valence-electron chi connectivity index (χ1n) is 6.07. The van der Waals surface area contributed by atoms with Crippen LogP contribution in [0.5, 0.6) is 0 Å². The molecule has 0 aromatic heterocycles. The van der Waals surface area contributed by atoms with Crippen LogP contribution in [0.4, 0.5) is 10.1 Å². The van der Waals surface area contributed by atoms with Crippen molar-refractivity contribution in [2.45, 2.75) is 19.4 Å². The lowest BCUT2D eigenvalue weighted by molar-refractivity contribution is 0.621. The number of hydrogen-bond acceptors (Lipinski definition) is 1. The molecular weight excluding hydrogens is 373 g/mol. The molecular formula is C15H14Br2FN. The molecule has 0 bridgehead atoms. The zero-order valence-electron chi connectivity index (χ0n) is 10.5. The predicted molar refractivity (Wildman–Crippen MR) is 84.9 cm³/mol. The maximum atomic E-state index is 13.3. The van der Waals surface area contributed by atoms with Gasteiger partial charge in [-0.15, -0.1) is 0 Å². The monoisotopic (exact) mass is 385 g/mol. The first-order chi connectivity index (χ1) is 9.10. The smallest absolute Gasteiger partial charge is 0.123 e. The van der Waals surface area contributed by atoms with E-state index >= 15 is 0 Å². The van der Waals surface area contributed by atoms with Crippen molar-refractivity contribution in [1.82, 2.24) is 0 Å². The second kappa shape index (κ2) is 6.53. The number of halogens is 3. The van der Waals surface area contributed by atoms with Crippen LogP contribution < -0.4 is 5.32 Å². The molecule has 1 unspecified atom stereocenters. The van der Waals surface area contributed by atoms with Crippen molar-refractivity contribution < 1.29 is 4.39 Å². The molecule has 0 radical (unpaired) electrons. The fourth-order valence-electron chi connectivity index (χ4n) is 1.94. The summed E-state index contributed by atoms with van der Waals surface area (Å²) in [6, 6.07) is 12.8. The Morgan fingerprint density at radius 3 is 2.63 bits per heavy atom. The van der Waals surface area contributed by atoms with E-state index in [9.17, 15) is 4.39 Å². The molecule has 1 atom stereocenters. The summed E-state index contributed by atoms with van der Waals surface area (Å²) < 4.78 is 15.3. The van der Waals surface area contributed by atoms with Crippen LogP contribution in [0.25, 0.3) is 0 Å². The third-order valence-corrected chi connectivity index (χ3v) is 4.10. The minimum Gasteiger partial charge on any atom is -0.377 e. The van der Waals surface area contributed by atoms with Crippen LogP contribution in [0.2, 0.25) is 0 Å². The Morgan fingerprint density at radius 2 is 1.95 bits per heavy atom. The Labute approximate surface area is 129 Å². The molecule has 0 aliphatic rings. The second-order valence-electron chi connectivity index (χ2n) is 4.28. The zero-order valence-corrected chi connectivity index (χ0v) is 13.6.